The summed E-state index contributed by atoms with van der Waals surface area (Å²) in [5.74, 6) is -0.0249. The van der Waals surface area contributed by atoms with E-state index < -0.39 is 16.1 Å². The van der Waals surface area contributed by atoms with Gasteiger partial charge in [0.2, 0.25) is 5.91 Å². The normalized spacial score (nSPS) is 23.1. The summed E-state index contributed by atoms with van der Waals surface area (Å²) < 4.78 is 27.5. The van der Waals surface area contributed by atoms with E-state index in [2.05, 4.69) is 25.7 Å². The number of carbonyl (C=O) groups is 1. The lowest BCUT2D eigenvalue weighted by Crippen LogP contribution is -2.54. The van der Waals surface area contributed by atoms with Crippen molar-refractivity contribution in [3.63, 3.8) is 0 Å². The number of sulfonamides is 1. The van der Waals surface area contributed by atoms with Gasteiger partial charge in [0.05, 0.1) is 0 Å². The third-order valence-corrected chi connectivity index (χ3v) is 8.69. The largest absolute Gasteiger partial charge is 0.339 e. The predicted octanol–water partition coefficient (Wildman–Crippen LogP) is 2.48. The minimum atomic E-state index is -3.57. The molecule has 2 aliphatic rings. The Morgan fingerprint density at radius 3 is 2.48 bits per heavy atom. The molecule has 0 aromatic carbocycles. The molecule has 0 radical (unpaired) electrons. The van der Waals surface area contributed by atoms with Crippen molar-refractivity contribution in [2.24, 2.45) is 5.41 Å². The Bertz CT molecular complexity index is 733. The van der Waals surface area contributed by atoms with Crippen LogP contribution in [0.2, 0.25) is 0 Å². The average Bonchev–Trinajstić information content (AvgIpc) is 3.31. The first-order valence-electron chi connectivity index (χ1n) is 9.75. The second kappa shape index (κ2) is 8.19. The maximum absolute atomic E-state index is 13.1. The summed E-state index contributed by atoms with van der Waals surface area (Å²) in [6, 6.07) is 2.81. The lowest BCUT2D eigenvalue weighted by Gasteiger charge is -2.37. The zero-order valence-electron chi connectivity index (χ0n) is 16.6. The molecule has 0 saturated carbocycles. The number of rotatable bonds is 5. The Balaban J connectivity index is 1.59. The Labute approximate surface area is 167 Å². The van der Waals surface area contributed by atoms with Gasteiger partial charge >= 0.3 is 0 Å². The van der Waals surface area contributed by atoms with E-state index in [-0.39, 0.29) is 5.91 Å². The van der Waals surface area contributed by atoms with Crippen molar-refractivity contribution in [3.05, 3.63) is 17.5 Å². The lowest BCUT2D eigenvalue weighted by molar-refractivity contribution is -0.136. The van der Waals surface area contributed by atoms with Gasteiger partial charge in [-0.2, -0.15) is 4.31 Å². The molecule has 1 atom stereocenters. The van der Waals surface area contributed by atoms with E-state index in [0.717, 1.165) is 32.5 Å². The van der Waals surface area contributed by atoms with Gasteiger partial charge in [-0.3, -0.25) is 9.69 Å². The lowest BCUT2D eigenvalue weighted by atomic mass is 9.92. The maximum atomic E-state index is 13.1. The van der Waals surface area contributed by atoms with Gasteiger partial charge in [-0.25, -0.2) is 8.42 Å². The summed E-state index contributed by atoms with van der Waals surface area (Å²) in [6.07, 6.45) is 2.50. The van der Waals surface area contributed by atoms with Crippen molar-refractivity contribution >= 4 is 27.3 Å². The van der Waals surface area contributed by atoms with Gasteiger partial charge in [-0.05, 0) is 42.7 Å². The third kappa shape index (κ3) is 4.91. The zero-order chi connectivity index (χ0) is 19.7. The molecular formula is C19H31N3O3S2. The van der Waals surface area contributed by atoms with Crippen LogP contribution in [0.1, 0.15) is 40.0 Å². The molecule has 8 heteroatoms. The summed E-state index contributed by atoms with van der Waals surface area (Å²) in [7, 11) is -3.57. The van der Waals surface area contributed by atoms with Crippen molar-refractivity contribution in [3.8, 4) is 0 Å². The highest BCUT2D eigenvalue weighted by Crippen LogP contribution is 2.29. The molecule has 1 aromatic rings. The number of hydrogen-bond acceptors (Lipinski definition) is 5. The highest BCUT2D eigenvalue weighted by Gasteiger charge is 2.41. The van der Waals surface area contributed by atoms with Gasteiger partial charge in [0.15, 0.2) is 0 Å². The average molecular weight is 414 g/mol. The minimum absolute atomic E-state index is 0.0249. The molecule has 0 spiro atoms. The first-order valence-corrected chi connectivity index (χ1v) is 12.1. The first-order chi connectivity index (χ1) is 12.7. The van der Waals surface area contributed by atoms with E-state index >= 15 is 0 Å². The Morgan fingerprint density at radius 1 is 1.19 bits per heavy atom. The number of amides is 1. The summed E-state index contributed by atoms with van der Waals surface area (Å²) in [4.78, 5) is 17.3. The third-order valence-electron chi connectivity index (χ3n) is 5.41. The van der Waals surface area contributed by atoms with Crippen LogP contribution in [0, 0.1) is 5.41 Å². The fraction of sp³-hybridized carbons (Fsp3) is 0.737. The van der Waals surface area contributed by atoms with Gasteiger partial charge in [0, 0.05) is 32.7 Å². The molecule has 27 heavy (non-hydrogen) atoms. The molecule has 0 aliphatic carbocycles. The second-order valence-electron chi connectivity index (χ2n) is 8.68. The standard InChI is InChI=1S/C19H31N3O3S2/c1-19(2,3)8-10-20-11-13-21(14-12-20)18(23)16-6-4-9-22(16)27(24,25)17-7-5-15-26-17/h5,7,15-16H,4,6,8-14H2,1-3H3. The van der Waals surface area contributed by atoms with Crippen LogP contribution in [0.25, 0.3) is 0 Å². The van der Waals surface area contributed by atoms with Crippen LogP contribution >= 0.6 is 11.3 Å². The van der Waals surface area contributed by atoms with E-state index in [1.165, 1.54) is 15.6 Å². The summed E-state index contributed by atoms with van der Waals surface area (Å²) >= 11 is 1.21. The number of thiophene rings is 1. The van der Waals surface area contributed by atoms with Crippen LogP contribution in [0.4, 0.5) is 0 Å². The highest BCUT2D eigenvalue weighted by molar-refractivity contribution is 7.91. The van der Waals surface area contributed by atoms with Gasteiger partial charge in [-0.1, -0.05) is 26.8 Å². The molecule has 2 fully saturated rings. The molecule has 3 rings (SSSR count). The molecule has 152 valence electrons. The smallest absolute Gasteiger partial charge is 0.253 e. The van der Waals surface area contributed by atoms with Gasteiger partial charge in [-0.15, -0.1) is 11.3 Å². The van der Waals surface area contributed by atoms with E-state index in [0.29, 0.717) is 35.7 Å². The van der Waals surface area contributed by atoms with Crippen LogP contribution in [0.3, 0.4) is 0 Å². The van der Waals surface area contributed by atoms with Crippen LogP contribution in [-0.4, -0.2) is 73.7 Å². The second-order valence-corrected chi connectivity index (χ2v) is 11.7. The van der Waals surface area contributed by atoms with Crippen LogP contribution in [0.15, 0.2) is 21.7 Å². The maximum Gasteiger partial charge on any atom is 0.253 e. The first kappa shape index (κ1) is 20.8. The van der Waals surface area contributed by atoms with Gasteiger partial charge in [0.1, 0.15) is 10.3 Å². The highest BCUT2D eigenvalue weighted by atomic mass is 32.2. The zero-order valence-corrected chi connectivity index (χ0v) is 18.2. The van der Waals surface area contributed by atoms with Crippen LogP contribution < -0.4 is 0 Å². The van der Waals surface area contributed by atoms with E-state index in [9.17, 15) is 13.2 Å². The molecule has 2 saturated heterocycles. The van der Waals surface area contributed by atoms with Crippen molar-refractivity contribution in [1.29, 1.82) is 0 Å². The number of hydrogen-bond donors (Lipinski definition) is 0. The van der Waals surface area contributed by atoms with Gasteiger partial charge < -0.3 is 4.90 Å². The van der Waals surface area contributed by atoms with Crippen LogP contribution in [0.5, 0.6) is 0 Å². The number of carbonyl (C=O) groups excluding carboxylic acids is 1. The Morgan fingerprint density at radius 2 is 1.89 bits per heavy atom. The Kier molecular flexibility index (Phi) is 6.30. The van der Waals surface area contributed by atoms with Gasteiger partial charge in [0.25, 0.3) is 10.0 Å². The molecule has 6 nitrogen and oxygen atoms in total. The van der Waals surface area contributed by atoms with E-state index in [4.69, 9.17) is 0 Å². The SMILES string of the molecule is CC(C)(C)CCN1CCN(C(=O)C2CCCN2S(=O)(=O)c2cccs2)CC1. The molecule has 0 N–H and O–H groups in total. The number of nitrogens with zero attached hydrogens (tertiary/aromatic N) is 3. The molecule has 0 bridgehead atoms. The van der Waals surface area contributed by atoms with Crippen molar-refractivity contribution in [2.45, 2.75) is 50.3 Å². The molecule has 1 amide bonds. The van der Waals surface area contributed by atoms with Crippen LogP contribution in [-0.2, 0) is 14.8 Å². The fourth-order valence-corrected chi connectivity index (χ4v) is 6.47. The topological polar surface area (TPSA) is 60.9 Å². The van der Waals surface area contributed by atoms with Crippen molar-refractivity contribution in [1.82, 2.24) is 14.1 Å². The number of piperazine rings is 1. The molecule has 2 aliphatic heterocycles. The summed E-state index contributed by atoms with van der Waals surface area (Å²) in [5.41, 5.74) is 0.313. The van der Waals surface area contributed by atoms with E-state index in [1.54, 1.807) is 17.5 Å². The van der Waals surface area contributed by atoms with Crippen molar-refractivity contribution < 1.29 is 13.2 Å². The van der Waals surface area contributed by atoms with Crippen molar-refractivity contribution in [2.75, 3.05) is 39.3 Å². The molecular weight excluding hydrogens is 382 g/mol. The molecule has 1 unspecified atom stereocenters. The minimum Gasteiger partial charge on any atom is -0.339 e. The monoisotopic (exact) mass is 413 g/mol. The quantitative estimate of drug-likeness (QED) is 0.744. The summed E-state index contributed by atoms with van der Waals surface area (Å²) in [6.45, 7) is 11.3. The molecule has 3 heterocycles. The predicted molar refractivity (Wildman–Crippen MR) is 108 cm³/mol. The molecule has 1 aromatic heterocycles. The van der Waals surface area contributed by atoms with E-state index in [1.807, 2.05) is 4.90 Å². The Hall–Kier alpha value is -0.960. The summed E-state index contributed by atoms with van der Waals surface area (Å²) in [5, 5.41) is 1.76. The fourth-order valence-electron chi connectivity index (χ4n) is 3.70.